The summed E-state index contributed by atoms with van der Waals surface area (Å²) in [5, 5.41) is 3.29. The van der Waals surface area contributed by atoms with Gasteiger partial charge in [0.1, 0.15) is 11.5 Å². The molecule has 2 N–H and O–H groups in total. The maximum absolute atomic E-state index is 5.74. The fourth-order valence-electron chi connectivity index (χ4n) is 2.62. The molecule has 0 saturated carbocycles. The lowest BCUT2D eigenvalue weighted by atomic mass is 10.1. The maximum Gasteiger partial charge on any atom is 0.205 e. The third-order valence-corrected chi connectivity index (χ3v) is 4.08. The minimum absolute atomic E-state index is 0.714. The number of imidazole rings is 1. The second kappa shape index (κ2) is 6.28. The summed E-state index contributed by atoms with van der Waals surface area (Å²) in [6.45, 7) is 4.20. The Morgan fingerprint density at radius 2 is 1.76 bits per heavy atom. The van der Waals surface area contributed by atoms with Crippen molar-refractivity contribution in [3.63, 3.8) is 0 Å². The van der Waals surface area contributed by atoms with Gasteiger partial charge in [-0.3, -0.25) is 4.98 Å². The standard InChI is InChI=1S/C20H18N4O/c1-13-10-18-19(11-14(13)2)24-20(23-18)22-15-5-7-16(8-6-15)25-17-4-3-9-21-12-17/h3-12H,1-2H3,(H2,22,23,24). The normalized spacial score (nSPS) is 10.8. The van der Waals surface area contributed by atoms with Crippen LogP contribution in [0.5, 0.6) is 11.5 Å². The largest absolute Gasteiger partial charge is 0.456 e. The van der Waals surface area contributed by atoms with Gasteiger partial charge in [0.25, 0.3) is 0 Å². The van der Waals surface area contributed by atoms with Crippen molar-refractivity contribution in [3.05, 3.63) is 72.1 Å². The van der Waals surface area contributed by atoms with Gasteiger partial charge in [-0.2, -0.15) is 0 Å². The fraction of sp³-hybridized carbons (Fsp3) is 0.100. The van der Waals surface area contributed by atoms with Crippen LogP contribution in [0.2, 0.25) is 0 Å². The maximum atomic E-state index is 5.74. The third-order valence-electron chi connectivity index (χ3n) is 4.08. The van der Waals surface area contributed by atoms with Crippen LogP contribution < -0.4 is 10.1 Å². The average Bonchev–Trinajstić information content (AvgIpc) is 2.99. The SMILES string of the molecule is Cc1cc2nc(Nc3ccc(Oc4cccnc4)cc3)[nH]c2cc1C. The van der Waals surface area contributed by atoms with Crippen molar-refractivity contribution in [2.24, 2.45) is 0 Å². The first kappa shape index (κ1) is 15.2. The molecule has 0 aliphatic carbocycles. The van der Waals surface area contributed by atoms with E-state index < -0.39 is 0 Å². The Kier molecular flexibility index (Phi) is 3.82. The number of benzene rings is 2. The first-order valence-corrected chi connectivity index (χ1v) is 8.09. The van der Waals surface area contributed by atoms with Crippen LogP contribution in [-0.4, -0.2) is 15.0 Å². The Bertz CT molecular complexity index is 968. The van der Waals surface area contributed by atoms with Gasteiger partial charge in [-0.15, -0.1) is 0 Å². The molecule has 5 heteroatoms. The van der Waals surface area contributed by atoms with Crippen LogP contribution in [0.1, 0.15) is 11.1 Å². The van der Waals surface area contributed by atoms with E-state index in [0.717, 1.165) is 28.4 Å². The second-order valence-electron chi connectivity index (χ2n) is 5.98. The van der Waals surface area contributed by atoms with Gasteiger partial charge in [-0.25, -0.2) is 4.98 Å². The number of hydrogen-bond acceptors (Lipinski definition) is 4. The van der Waals surface area contributed by atoms with Gasteiger partial charge in [0.2, 0.25) is 5.95 Å². The monoisotopic (exact) mass is 330 g/mol. The van der Waals surface area contributed by atoms with Crippen LogP contribution in [0, 0.1) is 13.8 Å². The number of H-pyrrole nitrogens is 1. The fourth-order valence-corrected chi connectivity index (χ4v) is 2.62. The highest BCUT2D eigenvalue weighted by atomic mass is 16.5. The van der Waals surface area contributed by atoms with Crippen molar-refractivity contribution in [2.75, 3.05) is 5.32 Å². The van der Waals surface area contributed by atoms with Crippen molar-refractivity contribution in [2.45, 2.75) is 13.8 Å². The molecule has 0 aliphatic heterocycles. The van der Waals surface area contributed by atoms with E-state index >= 15 is 0 Å². The summed E-state index contributed by atoms with van der Waals surface area (Å²) in [5.41, 5.74) is 5.41. The number of aromatic nitrogens is 3. The summed E-state index contributed by atoms with van der Waals surface area (Å²) >= 11 is 0. The molecular weight excluding hydrogens is 312 g/mol. The molecular formula is C20H18N4O. The minimum atomic E-state index is 0.714. The lowest BCUT2D eigenvalue weighted by molar-refractivity contribution is 0.480. The molecule has 0 spiro atoms. The van der Waals surface area contributed by atoms with Gasteiger partial charge in [-0.05, 0) is 73.5 Å². The van der Waals surface area contributed by atoms with Crippen molar-refractivity contribution in [1.82, 2.24) is 15.0 Å². The van der Waals surface area contributed by atoms with Crippen molar-refractivity contribution in [3.8, 4) is 11.5 Å². The summed E-state index contributed by atoms with van der Waals surface area (Å²) in [6, 6.07) is 15.7. The van der Waals surface area contributed by atoms with Crippen LogP contribution >= 0.6 is 0 Å². The van der Waals surface area contributed by atoms with E-state index in [1.807, 2.05) is 36.4 Å². The predicted octanol–water partition coefficient (Wildman–Crippen LogP) is 5.11. The van der Waals surface area contributed by atoms with Gasteiger partial charge in [0.15, 0.2) is 0 Å². The van der Waals surface area contributed by atoms with Crippen LogP contribution in [0.15, 0.2) is 60.9 Å². The molecule has 2 aromatic heterocycles. The quantitative estimate of drug-likeness (QED) is 0.546. The first-order chi connectivity index (χ1) is 12.2. The lowest BCUT2D eigenvalue weighted by Gasteiger charge is -2.06. The van der Waals surface area contributed by atoms with E-state index in [9.17, 15) is 0 Å². The molecule has 0 atom stereocenters. The lowest BCUT2D eigenvalue weighted by Crippen LogP contribution is -1.92. The summed E-state index contributed by atoms with van der Waals surface area (Å²) < 4.78 is 5.74. The van der Waals surface area contributed by atoms with E-state index in [1.54, 1.807) is 12.4 Å². The van der Waals surface area contributed by atoms with Gasteiger partial charge in [0, 0.05) is 11.9 Å². The Balaban J connectivity index is 1.51. The van der Waals surface area contributed by atoms with E-state index in [0.29, 0.717) is 5.75 Å². The molecule has 0 amide bonds. The molecule has 124 valence electrons. The molecule has 0 unspecified atom stereocenters. The van der Waals surface area contributed by atoms with Crippen molar-refractivity contribution in [1.29, 1.82) is 0 Å². The number of aryl methyl sites for hydroxylation is 2. The number of aromatic amines is 1. The number of rotatable bonds is 4. The number of nitrogens with one attached hydrogen (secondary N) is 2. The highest BCUT2D eigenvalue weighted by molar-refractivity contribution is 5.80. The van der Waals surface area contributed by atoms with E-state index in [1.165, 1.54) is 11.1 Å². The highest BCUT2D eigenvalue weighted by Gasteiger charge is 2.05. The molecule has 0 saturated heterocycles. The molecule has 4 rings (SSSR count). The summed E-state index contributed by atoms with van der Waals surface area (Å²) in [4.78, 5) is 11.9. The third kappa shape index (κ3) is 3.30. The van der Waals surface area contributed by atoms with Crippen LogP contribution in [0.3, 0.4) is 0 Å². The summed E-state index contributed by atoms with van der Waals surface area (Å²) in [6.07, 6.45) is 3.40. The van der Waals surface area contributed by atoms with Crippen LogP contribution in [-0.2, 0) is 0 Å². The van der Waals surface area contributed by atoms with Crippen molar-refractivity contribution < 1.29 is 4.74 Å². The zero-order valence-electron chi connectivity index (χ0n) is 14.1. The molecule has 0 fully saturated rings. The van der Waals surface area contributed by atoms with E-state index in [4.69, 9.17) is 4.74 Å². The first-order valence-electron chi connectivity index (χ1n) is 8.09. The smallest absolute Gasteiger partial charge is 0.205 e. The summed E-state index contributed by atoms with van der Waals surface area (Å²) in [7, 11) is 0. The zero-order chi connectivity index (χ0) is 17.2. The number of pyridine rings is 1. The summed E-state index contributed by atoms with van der Waals surface area (Å²) in [5.74, 6) is 2.20. The number of ether oxygens (including phenoxy) is 1. The van der Waals surface area contributed by atoms with Crippen LogP contribution in [0.4, 0.5) is 11.6 Å². The molecule has 4 aromatic rings. The number of hydrogen-bond donors (Lipinski definition) is 2. The number of anilines is 2. The second-order valence-corrected chi connectivity index (χ2v) is 5.98. The van der Waals surface area contributed by atoms with Gasteiger partial charge >= 0.3 is 0 Å². The Morgan fingerprint density at radius 1 is 0.960 bits per heavy atom. The van der Waals surface area contributed by atoms with E-state index in [-0.39, 0.29) is 0 Å². The Hall–Kier alpha value is -3.34. The zero-order valence-corrected chi connectivity index (χ0v) is 14.1. The van der Waals surface area contributed by atoms with Gasteiger partial charge in [-0.1, -0.05) is 0 Å². The van der Waals surface area contributed by atoms with Crippen molar-refractivity contribution >= 4 is 22.7 Å². The van der Waals surface area contributed by atoms with Gasteiger partial charge < -0.3 is 15.0 Å². The molecule has 2 heterocycles. The van der Waals surface area contributed by atoms with Gasteiger partial charge in [0.05, 0.1) is 17.2 Å². The number of fused-ring (bicyclic) bond motifs is 1. The topological polar surface area (TPSA) is 62.8 Å². The molecule has 0 bridgehead atoms. The van der Waals surface area contributed by atoms with E-state index in [2.05, 4.69) is 46.2 Å². The average molecular weight is 330 g/mol. The Labute approximate surface area is 145 Å². The molecule has 2 aromatic carbocycles. The predicted molar refractivity (Wildman–Crippen MR) is 99.6 cm³/mol. The Morgan fingerprint density at radius 3 is 2.52 bits per heavy atom. The molecule has 25 heavy (non-hydrogen) atoms. The minimum Gasteiger partial charge on any atom is -0.456 e. The molecule has 0 aliphatic rings. The molecule has 5 nitrogen and oxygen atoms in total. The van der Waals surface area contributed by atoms with Crippen LogP contribution in [0.25, 0.3) is 11.0 Å². The number of nitrogens with zero attached hydrogens (tertiary/aromatic N) is 2. The molecule has 0 radical (unpaired) electrons. The highest BCUT2D eigenvalue weighted by Crippen LogP contribution is 2.25.